The Morgan fingerprint density at radius 1 is 1.07 bits per heavy atom. The van der Waals surface area contributed by atoms with Crippen LogP contribution in [-0.2, 0) is 48.4 Å². The molecule has 55 heavy (non-hydrogen) atoms. The molecule has 4 amide bonds. The summed E-state index contributed by atoms with van der Waals surface area (Å²) in [5.41, 5.74) is -2.22. The number of carbonyl (C=O) groups excluding carboxylic acids is 4. The van der Waals surface area contributed by atoms with Crippen molar-refractivity contribution in [2.24, 2.45) is 17.3 Å². The van der Waals surface area contributed by atoms with Crippen LogP contribution in [0.2, 0.25) is 5.02 Å². The minimum absolute atomic E-state index is 0.164. The Morgan fingerprint density at radius 2 is 1.78 bits per heavy atom. The van der Waals surface area contributed by atoms with Crippen molar-refractivity contribution in [2.75, 3.05) is 18.4 Å². The van der Waals surface area contributed by atoms with Gasteiger partial charge in [0.2, 0.25) is 21.8 Å². The van der Waals surface area contributed by atoms with Crippen LogP contribution in [0.4, 0.5) is 28.0 Å². The molecule has 2 aromatic carbocycles. The molecule has 3 N–H and O–H groups in total. The van der Waals surface area contributed by atoms with E-state index in [9.17, 15) is 45.2 Å². The number of alkyl halides is 3. The quantitative estimate of drug-likeness (QED) is 0.249. The van der Waals surface area contributed by atoms with Gasteiger partial charge in [-0.2, -0.15) is 13.2 Å². The third kappa shape index (κ3) is 8.66. The fourth-order valence-corrected chi connectivity index (χ4v) is 9.05. The van der Waals surface area contributed by atoms with Crippen molar-refractivity contribution in [3.63, 3.8) is 0 Å². The van der Waals surface area contributed by atoms with Gasteiger partial charge in [-0.3, -0.25) is 24.0 Å². The predicted molar refractivity (Wildman–Crippen MR) is 193 cm³/mol. The van der Waals surface area contributed by atoms with Crippen LogP contribution >= 0.6 is 11.6 Å². The van der Waals surface area contributed by atoms with E-state index in [1.165, 1.54) is 9.80 Å². The summed E-state index contributed by atoms with van der Waals surface area (Å²) in [5.74, 6) is -4.75. The first-order valence-corrected chi connectivity index (χ1v) is 20.1. The lowest BCUT2D eigenvalue weighted by Gasteiger charge is -2.35. The number of nitrogens with one attached hydrogen (secondary N) is 3. The number of ether oxygens (including phenoxy) is 1. The number of nitrogens with zero attached hydrogens (tertiary/aromatic N) is 2. The van der Waals surface area contributed by atoms with E-state index in [4.69, 9.17) is 16.3 Å². The van der Waals surface area contributed by atoms with E-state index in [2.05, 4.69) is 15.4 Å². The van der Waals surface area contributed by atoms with Gasteiger partial charge in [0, 0.05) is 30.2 Å². The molecule has 0 aromatic heterocycles. The van der Waals surface area contributed by atoms with Crippen molar-refractivity contribution >= 4 is 51.1 Å². The highest BCUT2D eigenvalue weighted by Gasteiger charge is 2.62. The summed E-state index contributed by atoms with van der Waals surface area (Å²) in [6, 6.07) is 5.99. The third-order valence-corrected chi connectivity index (χ3v) is 13.1. The summed E-state index contributed by atoms with van der Waals surface area (Å²) in [6.07, 6.45) is -5.23. The number of fused-ring (bicyclic) bond motifs is 1. The van der Waals surface area contributed by atoms with Gasteiger partial charge in [0.1, 0.15) is 23.5 Å². The number of sulfonamides is 1. The molecule has 2 aromatic rings. The molecule has 3 fully saturated rings. The smallest absolute Gasteiger partial charge is 0.416 e. The lowest BCUT2D eigenvalue weighted by atomic mass is 9.79. The van der Waals surface area contributed by atoms with Gasteiger partial charge in [-0.1, -0.05) is 57.8 Å². The number of benzene rings is 2. The summed E-state index contributed by atoms with van der Waals surface area (Å²) in [4.78, 5) is 58.3. The zero-order chi connectivity index (χ0) is 40.2. The van der Waals surface area contributed by atoms with Crippen molar-refractivity contribution < 1.29 is 49.9 Å². The Balaban J connectivity index is 1.24. The van der Waals surface area contributed by atoms with Gasteiger partial charge >= 0.3 is 12.3 Å². The minimum atomic E-state index is -4.82. The molecule has 4 aliphatic rings. The summed E-state index contributed by atoms with van der Waals surface area (Å²) >= 11 is 6.34. The minimum Gasteiger partial charge on any atom is -0.444 e. The van der Waals surface area contributed by atoms with Crippen molar-refractivity contribution in [2.45, 2.75) is 102 Å². The Labute approximate surface area is 321 Å². The lowest BCUT2D eigenvalue weighted by molar-refractivity contribution is -0.144. The van der Waals surface area contributed by atoms with Crippen LogP contribution in [0.3, 0.4) is 0 Å². The number of halogens is 5. The van der Waals surface area contributed by atoms with Gasteiger partial charge < -0.3 is 20.3 Å². The molecule has 0 radical (unpaired) electrons. The monoisotopic (exact) mass is 813 g/mol. The second-order valence-corrected chi connectivity index (χ2v) is 18.3. The molecule has 5 atom stereocenters. The maximum absolute atomic E-state index is 14.5. The second kappa shape index (κ2) is 14.8. The predicted octanol–water partition coefficient (Wildman–Crippen LogP) is 5.59. The lowest BCUT2D eigenvalue weighted by Crippen LogP contribution is -2.57. The normalized spacial score (nSPS) is 24.2. The second-order valence-electron chi connectivity index (χ2n) is 16.0. The molecule has 0 bridgehead atoms. The van der Waals surface area contributed by atoms with E-state index in [1.807, 2.05) is 6.07 Å². The molecule has 6 rings (SSSR count). The van der Waals surface area contributed by atoms with Crippen LogP contribution < -0.4 is 15.4 Å². The largest absolute Gasteiger partial charge is 0.444 e. The number of hydrogen-bond donors (Lipinski definition) is 3. The van der Waals surface area contributed by atoms with Crippen LogP contribution in [-0.4, -0.2) is 78.1 Å². The fraction of sp³-hybridized carbons (Fsp3) is 0.568. The van der Waals surface area contributed by atoms with E-state index >= 15 is 0 Å². The average Bonchev–Trinajstić information content (AvgIpc) is 3.98. The van der Waals surface area contributed by atoms with Crippen molar-refractivity contribution in [1.29, 1.82) is 0 Å². The molecule has 2 aliphatic heterocycles. The van der Waals surface area contributed by atoms with Gasteiger partial charge in [-0.05, 0) is 66.0 Å². The summed E-state index contributed by atoms with van der Waals surface area (Å²) in [5, 5.41) is 5.31. The number of hydrogen-bond acceptors (Lipinski definition) is 8. The number of carbonyl (C=O) groups is 4. The highest BCUT2D eigenvalue weighted by atomic mass is 35.5. The molecule has 12 nitrogen and oxygen atoms in total. The number of amides is 4. The fourth-order valence-electron chi connectivity index (χ4n) is 7.44. The van der Waals surface area contributed by atoms with Crippen LogP contribution in [0.5, 0.6) is 0 Å². The van der Waals surface area contributed by atoms with E-state index in [0.717, 1.165) is 23.3 Å². The first-order chi connectivity index (χ1) is 25.6. The van der Waals surface area contributed by atoms with Gasteiger partial charge in [0.05, 0.1) is 29.8 Å². The molecule has 300 valence electrons. The van der Waals surface area contributed by atoms with Gasteiger partial charge in [0.15, 0.2) is 0 Å². The SMILES string of the molecule is CCC1CC1(NC(=O)C1CC(OC(=O)N2Cc3cccc(Cl)c3C2)CN1C(=O)C(CNc1cc(F)cc(C(F)(F)F)c1)C(C)(C)C)C(=O)NS(=O)(=O)C1CC1. The highest BCUT2D eigenvalue weighted by Crippen LogP contribution is 2.47. The first-order valence-electron chi connectivity index (χ1n) is 18.1. The van der Waals surface area contributed by atoms with Crippen LogP contribution in [0.1, 0.15) is 76.5 Å². The van der Waals surface area contributed by atoms with Gasteiger partial charge in [0.25, 0.3) is 5.91 Å². The Bertz CT molecular complexity index is 1990. The summed E-state index contributed by atoms with van der Waals surface area (Å²) in [7, 11) is -3.94. The van der Waals surface area contributed by atoms with Crippen molar-refractivity contribution in [3.8, 4) is 0 Å². The Hall–Kier alpha value is -4.12. The van der Waals surface area contributed by atoms with E-state index in [0.29, 0.717) is 30.4 Å². The van der Waals surface area contributed by atoms with E-state index in [1.54, 1.807) is 39.8 Å². The first kappa shape index (κ1) is 40.5. The maximum atomic E-state index is 14.5. The molecule has 2 aliphatic carbocycles. The highest BCUT2D eigenvalue weighted by molar-refractivity contribution is 7.91. The van der Waals surface area contributed by atoms with Gasteiger partial charge in [-0.15, -0.1) is 0 Å². The van der Waals surface area contributed by atoms with Crippen molar-refractivity contribution in [3.05, 3.63) is 63.9 Å². The average molecular weight is 814 g/mol. The topological polar surface area (TPSA) is 154 Å². The van der Waals surface area contributed by atoms with Crippen LogP contribution in [0.15, 0.2) is 36.4 Å². The molecular formula is C37H44ClF4N5O7S. The van der Waals surface area contributed by atoms with Crippen molar-refractivity contribution in [1.82, 2.24) is 19.8 Å². The standard InChI is InChI=1S/C37H44ClF4N5O7S/c1-5-21-15-36(21,33(50)45-55(52,53)26-9-10-26)44-31(48)30-14-25(54-34(51)46-17-20-7-6-8-29(38)27(20)19-46)18-47(30)32(49)28(35(2,3)4)16-43-24-12-22(37(40,41)42)11-23(39)13-24/h6-8,11-13,21,25-26,28,30,43H,5,9-10,14-19H2,1-4H3,(H,44,48)(H,45,50). The number of rotatable bonds is 11. The summed E-state index contributed by atoms with van der Waals surface area (Å²) < 4.78 is 87.9. The molecular weight excluding hydrogens is 770 g/mol. The third-order valence-electron chi connectivity index (χ3n) is 10.9. The van der Waals surface area contributed by atoms with Gasteiger partial charge in [-0.25, -0.2) is 17.6 Å². The number of likely N-dealkylation sites (tertiary alicyclic amines) is 1. The molecule has 2 saturated carbocycles. The maximum Gasteiger partial charge on any atom is 0.416 e. The summed E-state index contributed by atoms with van der Waals surface area (Å²) in [6.45, 7) is 6.87. The zero-order valence-electron chi connectivity index (χ0n) is 30.8. The zero-order valence-corrected chi connectivity index (χ0v) is 32.3. The molecule has 2 heterocycles. The van der Waals surface area contributed by atoms with E-state index < -0.39 is 85.7 Å². The molecule has 18 heteroatoms. The van der Waals surface area contributed by atoms with Crippen LogP contribution in [0.25, 0.3) is 0 Å². The van der Waals surface area contributed by atoms with E-state index in [-0.39, 0.29) is 50.6 Å². The molecule has 0 spiro atoms. The molecule has 1 saturated heterocycles. The molecule has 5 unspecified atom stereocenters. The number of anilines is 1. The van der Waals surface area contributed by atoms with Crippen LogP contribution in [0, 0.1) is 23.1 Å². The Morgan fingerprint density at radius 3 is 2.38 bits per heavy atom. The Kier molecular flexibility index (Phi) is 10.9.